The van der Waals surface area contributed by atoms with Crippen LogP contribution in [-0.4, -0.2) is 24.0 Å². The van der Waals surface area contributed by atoms with E-state index in [0.717, 1.165) is 31.7 Å². The van der Waals surface area contributed by atoms with E-state index < -0.39 is 0 Å². The summed E-state index contributed by atoms with van der Waals surface area (Å²) in [5.74, 6) is 0.509. The number of nitrogens with one attached hydrogen (secondary N) is 1. The first-order valence-corrected chi connectivity index (χ1v) is 6.88. The van der Waals surface area contributed by atoms with E-state index in [0.29, 0.717) is 11.3 Å². The molecule has 3 heterocycles. The maximum atomic E-state index is 12.2. The monoisotopic (exact) mass is 291 g/mol. The average molecular weight is 292 g/mol. The Labute approximate surface area is 121 Å². The van der Waals surface area contributed by atoms with Gasteiger partial charge in [0.2, 0.25) is 5.22 Å². The summed E-state index contributed by atoms with van der Waals surface area (Å²) in [4.78, 5) is 18.7. The first kappa shape index (κ1) is 13.0. The third-order valence-corrected chi connectivity index (χ3v) is 3.60. The molecule has 0 bridgehead atoms. The van der Waals surface area contributed by atoms with E-state index >= 15 is 0 Å². The van der Waals surface area contributed by atoms with Crippen LogP contribution in [0.3, 0.4) is 0 Å². The Kier molecular flexibility index (Phi) is 3.60. The van der Waals surface area contributed by atoms with Crippen LogP contribution in [0.4, 0.5) is 11.5 Å². The lowest BCUT2D eigenvalue weighted by atomic mass is 10.3. The summed E-state index contributed by atoms with van der Waals surface area (Å²) in [5.41, 5.74) is 1.01. The minimum Gasteiger partial charge on any atom is -0.452 e. The van der Waals surface area contributed by atoms with Gasteiger partial charge in [-0.05, 0) is 42.6 Å². The second-order valence-electron chi connectivity index (χ2n) is 4.63. The Morgan fingerprint density at radius 1 is 1.35 bits per heavy atom. The fourth-order valence-corrected chi connectivity index (χ4v) is 2.52. The molecule has 5 nitrogen and oxygen atoms in total. The molecule has 0 atom stereocenters. The van der Waals surface area contributed by atoms with Gasteiger partial charge in [-0.2, -0.15) is 0 Å². The van der Waals surface area contributed by atoms with Crippen LogP contribution in [-0.2, 0) is 0 Å². The Morgan fingerprint density at radius 3 is 2.85 bits per heavy atom. The molecule has 1 saturated heterocycles. The molecule has 0 aromatic carbocycles. The molecule has 2 aromatic heterocycles. The molecule has 3 rings (SSSR count). The van der Waals surface area contributed by atoms with E-state index in [4.69, 9.17) is 16.0 Å². The number of aromatic nitrogens is 1. The van der Waals surface area contributed by atoms with E-state index in [1.54, 1.807) is 18.3 Å². The zero-order chi connectivity index (χ0) is 13.9. The van der Waals surface area contributed by atoms with Crippen LogP contribution in [0.5, 0.6) is 0 Å². The Balaban J connectivity index is 1.84. The zero-order valence-electron chi connectivity index (χ0n) is 10.8. The fourth-order valence-electron chi connectivity index (χ4n) is 2.32. The van der Waals surface area contributed by atoms with Crippen molar-refractivity contribution in [3.8, 4) is 0 Å². The number of rotatable bonds is 3. The number of pyridine rings is 1. The molecular formula is C14H14ClN3O2. The van der Waals surface area contributed by atoms with Crippen molar-refractivity contribution in [2.24, 2.45) is 0 Å². The van der Waals surface area contributed by atoms with Gasteiger partial charge in [0.05, 0.1) is 17.5 Å². The maximum Gasteiger partial charge on any atom is 0.260 e. The molecule has 1 amide bonds. The number of hydrogen-bond donors (Lipinski definition) is 1. The minimum atomic E-state index is -0.294. The molecule has 1 aliphatic heterocycles. The predicted octanol–water partition coefficient (Wildman–Crippen LogP) is 3.18. The van der Waals surface area contributed by atoms with Crippen LogP contribution >= 0.6 is 11.6 Å². The van der Waals surface area contributed by atoms with Gasteiger partial charge in [0.1, 0.15) is 0 Å². The number of amides is 1. The van der Waals surface area contributed by atoms with Gasteiger partial charge in [0, 0.05) is 19.3 Å². The molecule has 1 N–H and O–H groups in total. The number of nitrogens with zero attached hydrogens (tertiary/aromatic N) is 2. The van der Waals surface area contributed by atoms with Crippen LogP contribution in [0.1, 0.15) is 23.2 Å². The first-order chi connectivity index (χ1) is 9.75. The standard InChI is InChI=1S/C14H14ClN3O2/c15-12-10(5-9-20-12)14(19)17-11-4-3-6-16-13(11)18-7-1-2-8-18/h3-6,9H,1-2,7-8H2,(H,17,19). The molecule has 6 heteroatoms. The van der Waals surface area contributed by atoms with Gasteiger partial charge in [-0.25, -0.2) is 4.98 Å². The zero-order valence-corrected chi connectivity index (χ0v) is 11.6. The van der Waals surface area contributed by atoms with Crippen LogP contribution in [0.25, 0.3) is 0 Å². The van der Waals surface area contributed by atoms with E-state index in [1.165, 1.54) is 6.26 Å². The lowest BCUT2D eigenvalue weighted by molar-refractivity contribution is 0.102. The SMILES string of the molecule is O=C(Nc1cccnc1N1CCCC1)c1ccoc1Cl. The second-order valence-corrected chi connectivity index (χ2v) is 4.97. The van der Waals surface area contributed by atoms with Crippen molar-refractivity contribution in [2.75, 3.05) is 23.3 Å². The lowest BCUT2D eigenvalue weighted by Gasteiger charge is -2.19. The third-order valence-electron chi connectivity index (χ3n) is 3.30. The van der Waals surface area contributed by atoms with Crippen LogP contribution < -0.4 is 10.2 Å². The molecule has 0 aliphatic carbocycles. The summed E-state index contributed by atoms with van der Waals surface area (Å²) in [6.07, 6.45) is 5.42. The van der Waals surface area contributed by atoms with Gasteiger partial charge in [0.15, 0.2) is 5.82 Å². The summed E-state index contributed by atoms with van der Waals surface area (Å²) in [6.45, 7) is 1.93. The normalized spacial score (nSPS) is 14.6. The van der Waals surface area contributed by atoms with Gasteiger partial charge in [-0.3, -0.25) is 4.79 Å². The highest BCUT2D eigenvalue weighted by atomic mass is 35.5. The van der Waals surface area contributed by atoms with Crippen LogP contribution in [0.15, 0.2) is 35.1 Å². The van der Waals surface area contributed by atoms with Crippen molar-refractivity contribution in [3.05, 3.63) is 41.4 Å². The van der Waals surface area contributed by atoms with Crippen molar-refractivity contribution < 1.29 is 9.21 Å². The molecular weight excluding hydrogens is 278 g/mol. The van der Waals surface area contributed by atoms with E-state index in [-0.39, 0.29) is 11.1 Å². The molecule has 104 valence electrons. The van der Waals surface area contributed by atoms with E-state index in [9.17, 15) is 4.79 Å². The number of carbonyl (C=O) groups excluding carboxylic acids is 1. The topological polar surface area (TPSA) is 58.4 Å². The highest BCUT2D eigenvalue weighted by molar-refractivity contribution is 6.32. The Bertz CT molecular complexity index is 620. The molecule has 0 unspecified atom stereocenters. The molecule has 20 heavy (non-hydrogen) atoms. The van der Waals surface area contributed by atoms with Crippen molar-refractivity contribution >= 4 is 29.0 Å². The summed E-state index contributed by atoms with van der Waals surface area (Å²) in [5, 5.41) is 2.93. The quantitative estimate of drug-likeness (QED) is 0.943. The van der Waals surface area contributed by atoms with E-state index in [1.807, 2.05) is 6.07 Å². The maximum absolute atomic E-state index is 12.2. The number of anilines is 2. The number of hydrogen-bond acceptors (Lipinski definition) is 4. The number of halogens is 1. The fraction of sp³-hybridized carbons (Fsp3) is 0.286. The summed E-state index contributed by atoms with van der Waals surface area (Å²) < 4.78 is 4.93. The average Bonchev–Trinajstić information content (AvgIpc) is 3.10. The first-order valence-electron chi connectivity index (χ1n) is 6.50. The smallest absolute Gasteiger partial charge is 0.260 e. The number of carbonyl (C=O) groups is 1. The predicted molar refractivity (Wildman–Crippen MR) is 77.4 cm³/mol. The van der Waals surface area contributed by atoms with Crippen molar-refractivity contribution in [1.29, 1.82) is 0 Å². The Hall–Kier alpha value is -2.01. The summed E-state index contributed by atoms with van der Waals surface area (Å²) >= 11 is 5.81. The second kappa shape index (κ2) is 5.54. The van der Waals surface area contributed by atoms with Gasteiger partial charge >= 0.3 is 0 Å². The molecule has 1 aliphatic rings. The molecule has 0 spiro atoms. The van der Waals surface area contributed by atoms with Gasteiger partial charge in [-0.1, -0.05) is 0 Å². The molecule has 2 aromatic rings. The van der Waals surface area contributed by atoms with Crippen LogP contribution in [0.2, 0.25) is 5.22 Å². The third kappa shape index (κ3) is 2.49. The van der Waals surface area contributed by atoms with Crippen LogP contribution in [0, 0.1) is 0 Å². The highest BCUT2D eigenvalue weighted by Gasteiger charge is 2.19. The van der Waals surface area contributed by atoms with Crippen molar-refractivity contribution in [3.63, 3.8) is 0 Å². The molecule has 1 fully saturated rings. The molecule has 0 saturated carbocycles. The van der Waals surface area contributed by atoms with Gasteiger partial charge in [-0.15, -0.1) is 0 Å². The molecule has 0 radical (unpaired) electrons. The summed E-state index contributed by atoms with van der Waals surface area (Å²) in [6, 6.07) is 5.18. The lowest BCUT2D eigenvalue weighted by Crippen LogP contribution is -2.22. The number of furan rings is 1. The van der Waals surface area contributed by atoms with Gasteiger partial charge < -0.3 is 14.6 Å². The summed E-state index contributed by atoms with van der Waals surface area (Å²) in [7, 11) is 0. The largest absolute Gasteiger partial charge is 0.452 e. The highest BCUT2D eigenvalue weighted by Crippen LogP contribution is 2.27. The van der Waals surface area contributed by atoms with Crippen molar-refractivity contribution in [2.45, 2.75) is 12.8 Å². The minimum absolute atomic E-state index is 0.0918. The Morgan fingerprint density at radius 2 is 2.15 bits per heavy atom. The van der Waals surface area contributed by atoms with Gasteiger partial charge in [0.25, 0.3) is 5.91 Å². The van der Waals surface area contributed by atoms with Crippen molar-refractivity contribution in [1.82, 2.24) is 4.98 Å². The van der Waals surface area contributed by atoms with E-state index in [2.05, 4.69) is 15.2 Å².